The fourth-order valence-electron chi connectivity index (χ4n) is 3.44. The number of aliphatic hydroxyl groups is 1. The molecule has 1 aliphatic rings. The normalized spacial score (nSPS) is 16.7. The number of alkyl halides is 3. The summed E-state index contributed by atoms with van der Waals surface area (Å²) in [7, 11) is 0. The van der Waals surface area contributed by atoms with Crippen molar-refractivity contribution >= 4 is 5.91 Å². The minimum atomic E-state index is -4.69. The van der Waals surface area contributed by atoms with Crippen molar-refractivity contribution in [2.45, 2.75) is 25.1 Å². The second-order valence-corrected chi connectivity index (χ2v) is 6.85. The van der Waals surface area contributed by atoms with Crippen molar-refractivity contribution in [3.8, 4) is 0 Å². The van der Waals surface area contributed by atoms with Gasteiger partial charge in [-0.15, -0.1) is 0 Å². The Hall–Kier alpha value is -2.87. The second kappa shape index (κ2) is 7.63. The smallest absolute Gasteiger partial charge is 0.396 e. The van der Waals surface area contributed by atoms with Crippen LogP contribution in [0.15, 0.2) is 59.5 Å². The predicted molar refractivity (Wildman–Crippen MR) is 96.6 cm³/mol. The summed E-state index contributed by atoms with van der Waals surface area (Å²) >= 11 is 0. The Morgan fingerprint density at radius 3 is 2.43 bits per heavy atom. The number of hydrogen-bond acceptors (Lipinski definition) is 3. The van der Waals surface area contributed by atoms with E-state index in [1.807, 2.05) is 17.1 Å². The van der Waals surface area contributed by atoms with Crippen LogP contribution in [0.5, 0.6) is 0 Å². The third-order valence-corrected chi connectivity index (χ3v) is 5.03. The molecule has 0 bridgehead atoms. The Morgan fingerprint density at radius 2 is 1.86 bits per heavy atom. The van der Waals surface area contributed by atoms with Gasteiger partial charge in [0.2, 0.25) is 0 Å². The molecule has 0 saturated heterocycles. The Kier molecular flexibility index (Phi) is 5.42. The Balaban J connectivity index is 1.98. The van der Waals surface area contributed by atoms with Gasteiger partial charge in [-0.1, -0.05) is 42.5 Å². The number of carbonyl (C=O) groups is 1. The highest BCUT2D eigenvalue weighted by molar-refractivity contribution is 5.94. The number of carbonyl (C=O) groups excluding carboxylic acids is 1. The maximum absolute atomic E-state index is 13.0. The number of allylic oxidation sites excluding steroid dienone is 2. The molecule has 5 nitrogen and oxygen atoms in total. The largest absolute Gasteiger partial charge is 0.417 e. The van der Waals surface area contributed by atoms with Crippen molar-refractivity contribution in [3.05, 3.63) is 81.8 Å². The number of aliphatic hydroxyl groups excluding tert-OH is 1. The molecule has 1 amide bonds. The lowest BCUT2D eigenvalue weighted by Gasteiger charge is -2.37. The summed E-state index contributed by atoms with van der Waals surface area (Å²) in [6.45, 7) is -0.237. The Morgan fingerprint density at radius 1 is 1.21 bits per heavy atom. The van der Waals surface area contributed by atoms with E-state index in [2.05, 4.69) is 5.32 Å². The van der Waals surface area contributed by atoms with Crippen molar-refractivity contribution in [1.29, 1.82) is 0 Å². The van der Waals surface area contributed by atoms with Gasteiger partial charge in [-0.3, -0.25) is 9.59 Å². The van der Waals surface area contributed by atoms with E-state index in [9.17, 15) is 27.9 Å². The lowest BCUT2D eigenvalue weighted by atomic mass is 9.75. The monoisotopic (exact) mass is 392 g/mol. The van der Waals surface area contributed by atoms with E-state index in [4.69, 9.17) is 0 Å². The van der Waals surface area contributed by atoms with Gasteiger partial charge in [-0.25, -0.2) is 0 Å². The van der Waals surface area contributed by atoms with Gasteiger partial charge in [0.25, 0.3) is 11.5 Å². The van der Waals surface area contributed by atoms with Gasteiger partial charge < -0.3 is 15.4 Å². The van der Waals surface area contributed by atoms with Gasteiger partial charge in [0.05, 0.1) is 18.2 Å². The van der Waals surface area contributed by atoms with Crippen molar-refractivity contribution in [2.75, 3.05) is 6.61 Å². The van der Waals surface area contributed by atoms with E-state index in [1.54, 1.807) is 30.3 Å². The van der Waals surface area contributed by atoms with E-state index >= 15 is 0 Å². The van der Waals surface area contributed by atoms with Crippen LogP contribution < -0.4 is 10.9 Å². The molecule has 0 aliphatic heterocycles. The number of pyridine rings is 1. The number of aromatic nitrogens is 1. The minimum Gasteiger partial charge on any atom is -0.396 e. The number of hydrogen-bond donors (Lipinski definition) is 3. The molecule has 28 heavy (non-hydrogen) atoms. The molecule has 0 fully saturated rings. The van der Waals surface area contributed by atoms with Crippen LogP contribution in [0.3, 0.4) is 0 Å². The molecule has 0 radical (unpaired) electrons. The minimum absolute atomic E-state index is 0.237. The summed E-state index contributed by atoms with van der Waals surface area (Å²) in [5.41, 5.74) is -2.70. The van der Waals surface area contributed by atoms with Crippen LogP contribution in [0.25, 0.3) is 0 Å². The molecule has 1 aromatic heterocycles. The summed E-state index contributed by atoms with van der Waals surface area (Å²) in [6.07, 6.45) is 0.582. The van der Waals surface area contributed by atoms with Crippen LogP contribution in [0.4, 0.5) is 13.2 Å². The third-order valence-electron chi connectivity index (χ3n) is 5.03. The number of aromatic amines is 1. The molecular formula is C20H19F3N2O3. The molecule has 3 N–H and O–H groups in total. The van der Waals surface area contributed by atoms with E-state index in [0.29, 0.717) is 30.7 Å². The molecule has 3 rings (SSSR count). The highest BCUT2D eigenvalue weighted by atomic mass is 19.4. The fourth-order valence-corrected chi connectivity index (χ4v) is 3.44. The van der Waals surface area contributed by atoms with Crippen molar-refractivity contribution in [2.24, 2.45) is 5.41 Å². The molecule has 148 valence electrons. The van der Waals surface area contributed by atoms with Gasteiger partial charge in [0.15, 0.2) is 0 Å². The van der Waals surface area contributed by atoms with Gasteiger partial charge in [0.1, 0.15) is 5.56 Å². The zero-order chi connectivity index (χ0) is 20.4. The number of benzene rings is 1. The van der Waals surface area contributed by atoms with Crippen LogP contribution in [-0.2, 0) is 6.18 Å². The quantitative estimate of drug-likeness (QED) is 0.684. The van der Waals surface area contributed by atoms with Crippen molar-refractivity contribution in [3.63, 3.8) is 0 Å². The highest BCUT2D eigenvalue weighted by Crippen LogP contribution is 2.44. The van der Waals surface area contributed by atoms with E-state index in [0.717, 1.165) is 0 Å². The number of amides is 1. The lowest BCUT2D eigenvalue weighted by Crippen LogP contribution is -2.43. The van der Waals surface area contributed by atoms with Crippen LogP contribution in [0, 0.1) is 5.41 Å². The van der Waals surface area contributed by atoms with E-state index in [-0.39, 0.29) is 6.61 Å². The molecule has 0 spiro atoms. The SMILES string of the molecule is O=C(NC(c1ccccc1)C1(CO)CC=CC1)c1cc(C(F)(F)F)c[nH]c1=O. The Labute approximate surface area is 158 Å². The summed E-state index contributed by atoms with van der Waals surface area (Å²) in [4.78, 5) is 26.7. The summed E-state index contributed by atoms with van der Waals surface area (Å²) in [6, 6.07) is 8.69. The average molecular weight is 392 g/mol. The average Bonchev–Trinajstić information content (AvgIpc) is 3.16. The summed E-state index contributed by atoms with van der Waals surface area (Å²) in [5.74, 6) is -0.930. The van der Waals surface area contributed by atoms with E-state index < -0.39 is 40.2 Å². The first kappa shape index (κ1) is 19.9. The van der Waals surface area contributed by atoms with Gasteiger partial charge in [-0.05, 0) is 24.5 Å². The summed E-state index contributed by atoms with van der Waals surface area (Å²) in [5, 5.41) is 12.7. The maximum atomic E-state index is 13.0. The molecule has 1 aromatic carbocycles. The Bertz CT molecular complexity index is 928. The lowest BCUT2D eigenvalue weighted by molar-refractivity contribution is -0.137. The number of halogens is 3. The van der Waals surface area contributed by atoms with Gasteiger partial charge in [0, 0.05) is 11.6 Å². The standard InChI is InChI=1S/C20H19F3N2O3/c21-20(22,23)14-10-15(17(27)24-11-14)18(28)25-16(13-6-2-1-3-7-13)19(12-26)8-4-5-9-19/h1-7,10-11,16,26H,8-9,12H2,(H,24,27)(H,25,28). The molecular weight excluding hydrogens is 373 g/mol. The zero-order valence-electron chi connectivity index (χ0n) is 14.8. The molecule has 0 saturated carbocycles. The van der Waals surface area contributed by atoms with Crippen LogP contribution in [-0.4, -0.2) is 22.6 Å². The first-order valence-corrected chi connectivity index (χ1v) is 8.68. The summed E-state index contributed by atoms with van der Waals surface area (Å²) < 4.78 is 38.9. The molecule has 1 atom stereocenters. The topological polar surface area (TPSA) is 82.2 Å². The second-order valence-electron chi connectivity index (χ2n) is 6.85. The third kappa shape index (κ3) is 3.87. The maximum Gasteiger partial charge on any atom is 0.417 e. The molecule has 1 unspecified atom stereocenters. The van der Waals surface area contributed by atoms with E-state index in [1.165, 1.54) is 0 Å². The highest BCUT2D eigenvalue weighted by Gasteiger charge is 2.41. The van der Waals surface area contributed by atoms with Gasteiger partial charge in [-0.2, -0.15) is 13.2 Å². The fraction of sp³-hybridized carbons (Fsp3) is 0.300. The van der Waals surface area contributed by atoms with Gasteiger partial charge >= 0.3 is 6.18 Å². The molecule has 1 aliphatic carbocycles. The van der Waals surface area contributed by atoms with Crippen LogP contribution in [0.2, 0.25) is 0 Å². The number of H-pyrrole nitrogens is 1. The first-order valence-electron chi connectivity index (χ1n) is 8.68. The first-order chi connectivity index (χ1) is 13.3. The predicted octanol–water partition coefficient (Wildman–Crippen LogP) is 3.19. The van der Waals surface area contributed by atoms with Crippen LogP contribution >= 0.6 is 0 Å². The van der Waals surface area contributed by atoms with Crippen LogP contribution in [0.1, 0.15) is 40.4 Å². The van der Waals surface area contributed by atoms with Crippen molar-refractivity contribution < 1.29 is 23.1 Å². The molecule has 8 heteroatoms. The molecule has 2 aromatic rings. The zero-order valence-corrected chi connectivity index (χ0v) is 14.8. The molecule has 1 heterocycles. The van der Waals surface area contributed by atoms with Crippen molar-refractivity contribution in [1.82, 2.24) is 10.3 Å². The number of nitrogens with one attached hydrogen (secondary N) is 2. The number of rotatable bonds is 5.